The minimum absolute atomic E-state index is 0.116. The minimum Gasteiger partial charge on any atom is -0.358 e. The molecule has 1 heterocycles. The Hall–Kier alpha value is -1.18. The van der Waals surface area contributed by atoms with E-state index >= 15 is 0 Å². The molecule has 1 N–H and O–H groups in total. The molecule has 22 heavy (non-hydrogen) atoms. The second kappa shape index (κ2) is 6.93. The molecule has 5 nitrogen and oxygen atoms in total. The summed E-state index contributed by atoms with van der Waals surface area (Å²) < 4.78 is 39.6. The second-order valence-electron chi connectivity index (χ2n) is 5.24. The van der Waals surface area contributed by atoms with Crippen LogP contribution in [-0.4, -0.2) is 38.3 Å². The van der Waals surface area contributed by atoms with Crippen LogP contribution in [0.5, 0.6) is 0 Å². The van der Waals surface area contributed by atoms with Crippen molar-refractivity contribution >= 4 is 27.5 Å². The smallest absolute Gasteiger partial charge is 0.238 e. The lowest BCUT2D eigenvalue weighted by molar-refractivity contribution is -0.125. The van der Waals surface area contributed by atoms with E-state index in [1.165, 1.54) is 23.5 Å². The summed E-state index contributed by atoms with van der Waals surface area (Å²) in [6, 6.07) is 3.14. The van der Waals surface area contributed by atoms with Crippen molar-refractivity contribution in [3.63, 3.8) is 0 Å². The van der Waals surface area contributed by atoms with Gasteiger partial charge in [0, 0.05) is 13.6 Å². The summed E-state index contributed by atoms with van der Waals surface area (Å²) in [5.41, 5.74) is 0.396. The van der Waals surface area contributed by atoms with Crippen LogP contribution in [0.1, 0.15) is 24.8 Å². The van der Waals surface area contributed by atoms with Gasteiger partial charge in [0.15, 0.2) is 0 Å². The van der Waals surface area contributed by atoms with E-state index in [1.807, 2.05) is 0 Å². The average Bonchev–Trinajstić information content (AvgIpc) is 2.50. The van der Waals surface area contributed by atoms with Gasteiger partial charge in [-0.2, -0.15) is 4.31 Å². The number of nitrogens with zero attached hydrogens (tertiary/aromatic N) is 1. The zero-order valence-corrected chi connectivity index (χ0v) is 13.8. The molecule has 0 aromatic heterocycles. The standard InChI is InChI=1S/C14H18ClFN2O3S/c1-17-14(19)13-4-2-3-7-18(13)22(20,21)9-10-5-6-12(16)11(15)8-10/h5-6,8,13H,2-4,7,9H2,1H3,(H,17,19)/t13-/m1/s1. The van der Waals surface area contributed by atoms with E-state index in [2.05, 4.69) is 5.32 Å². The number of piperidine rings is 1. The lowest BCUT2D eigenvalue weighted by atomic mass is 10.0. The topological polar surface area (TPSA) is 66.5 Å². The van der Waals surface area contributed by atoms with Crippen molar-refractivity contribution in [3.05, 3.63) is 34.6 Å². The predicted octanol–water partition coefficient (Wildman–Crippen LogP) is 1.91. The van der Waals surface area contributed by atoms with Crippen molar-refractivity contribution < 1.29 is 17.6 Å². The van der Waals surface area contributed by atoms with Gasteiger partial charge in [0.05, 0.1) is 10.8 Å². The number of rotatable bonds is 4. The molecule has 1 aliphatic heterocycles. The number of benzene rings is 1. The third-order valence-corrected chi connectivity index (χ3v) is 5.83. The molecule has 0 saturated carbocycles. The maximum absolute atomic E-state index is 13.2. The molecule has 0 unspecified atom stereocenters. The molecule has 1 saturated heterocycles. The Kier molecular flexibility index (Phi) is 5.41. The first kappa shape index (κ1) is 17.2. The SMILES string of the molecule is CNC(=O)[C@H]1CCCCN1S(=O)(=O)Cc1ccc(F)c(Cl)c1. The number of likely N-dealkylation sites (N-methyl/N-ethyl adjacent to an activating group) is 1. The highest BCUT2D eigenvalue weighted by Crippen LogP contribution is 2.24. The van der Waals surface area contributed by atoms with Crippen LogP contribution < -0.4 is 5.32 Å². The summed E-state index contributed by atoms with van der Waals surface area (Å²) in [5, 5.41) is 2.38. The van der Waals surface area contributed by atoms with Gasteiger partial charge in [0.2, 0.25) is 15.9 Å². The highest BCUT2D eigenvalue weighted by atomic mass is 35.5. The summed E-state index contributed by atoms with van der Waals surface area (Å²) in [4.78, 5) is 11.9. The summed E-state index contributed by atoms with van der Waals surface area (Å²) in [7, 11) is -2.19. The normalized spacial score (nSPS) is 19.9. The van der Waals surface area contributed by atoms with Crippen LogP contribution >= 0.6 is 11.6 Å². The van der Waals surface area contributed by atoms with Crippen LogP contribution in [0.2, 0.25) is 5.02 Å². The molecule has 0 aliphatic carbocycles. The number of amides is 1. The molecule has 1 amide bonds. The van der Waals surface area contributed by atoms with Crippen LogP contribution in [-0.2, 0) is 20.6 Å². The maximum atomic E-state index is 13.2. The molecule has 1 atom stereocenters. The first-order chi connectivity index (χ1) is 10.3. The zero-order valence-electron chi connectivity index (χ0n) is 12.2. The van der Waals surface area contributed by atoms with Gasteiger partial charge in [0.1, 0.15) is 11.9 Å². The van der Waals surface area contributed by atoms with Crippen LogP contribution in [0.3, 0.4) is 0 Å². The first-order valence-electron chi connectivity index (χ1n) is 7.00. The molecule has 0 radical (unpaired) electrons. The molecular formula is C14H18ClFN2O3S. The quantitative estimate of drug-likeness (QED) is 0.903. The lowest BCUT2D eigenvalue weighted by Crippen LogP contribution is -2.51. The van der Waals surface area contributed by atoms with Gasteiger partial charge in [-0.3, -0.25) is 4.79 Å². The van der Waals surface area contributed by atoms with Gasteiger partial charge in [0.25, 0.3) is 0 Å². The predicted molar refractivity (Wildman–Crippen MR) is 82.4 cm³/mol. The summed E-state index contributed by atoms with van der Waals surface area (Å²) in [6.45, 7) is 0.315. The van der Waals surface area contributed by atoms with Crippen LogP contribution in [0.25, 0.3) is 0 Å². The molecule has 8 heteroatoms. The fourth-order valence-electron chi connectivity index (χ4n) is 2.59. The second-order valence-corrected chi connectivity index (χ2v) is 7.57. The van der Waals surface area contributed by atoms with E-state index in [-0.39, 0.29) is 16.7 Å². The van der Waals surface area contributed by atoms with Crippen molar-refractivity contribution in [2.24, 2.45) is 0 Å². The van der Waals surface area contributed by atoms with Crippen molar-refractivity contribution in [2.75, 3.05) is 13.6 Å². The average molecular weight is 349 g/mol. The van der Waals surface area contributed by atoms with Crippen LogP contribution in [0.15, 0.2) is 18.2 Å². The minimum atomic E-state index is -3.68. The Balaban J connectivity index is 2.23. The number of carbonyl (C=O) groups excluding carboxylic acids is 1. The number of hydrogen-bond donors (Lipinski definition) is 1. The summed E-state index contributed by atoms with van der Waals surface area (Å²) in [6.07, 6.45) is 2.03. The molecular weight excluding hydrogens is 331 g/mol. The van der Waals surface area contributed by atoms with Crippen LogP contribution in [0, 0.1) is 5.82 Å². The molecule has 1 fully saturated rings. The fourth-order valence-corrected chi connectivity index (χ4v) is 4.56. The third-order valence-electron chi connectivity index (χ3n) is 3.69. The molecule has 0 spiro atoms. The number of hydrogen-bond acceptors (Lipinski definition) is 3. The third kappa shape index (κ3) is 3.77. The molecule has 0 bridgehead atoms. The Bertz CT molecular complexity index is 666. The summed E-state index contributed by atoms with van der Waals surface area (Å²) >= 11 is 5.68. The van der Waals surface area contributed by atoms with E-state index < -0.39 is 21.9 Å². The van der Waals surface area contributed by atoms with Crippen molar-refractivity contribution in [1.29, 1.82) is 0 Å². The van der Waals surface area contributed by atoms with Gasteiger partial charge in [-0.25, -0.2) is 12.8 Å². The van der Waals surface area contributed by atoms with E-state index in [0.29, 0.717) is 18.5 Å². The largest absolute Gasteiger partial charge is 0.358 e. The summed E-state index contributed by atoms with van der Waals surface area (Å²) in [5.74, 6) is -1.20. The molecule has 1 aliphatic rings. The van der Waals surface area contributed by atoms with Crippen molar-refractivity contribution in [2.45, 2.75) is 31.1 Å². The Morgan fingerprint density at radius 2 is 2.18 bits per heavy atom. The number of halogens is 2. The maximum Gasteiger partial charge on any atom is 0.238 e. The van der Waals surface area contributed by atoms with E-state index in [1.54, 1.807) is 0 Å². The Labute approximate surface area is 134 Å². The first-order valence-corrected chi connectivity index (χ1v) is 8.99. The number of nitrogens with one attached hydrogen (secondary N) is 1. The molecule has 2 rings (SSSR count). The van der Waals surface area contributed by atoms with E-state index in [0.717, 1.165) is 18.9 Å². The number of sulfonamides is 1. The molecule has 1 aromatic rings. The van der Waals surface area contributed by atoms with Crippen LogP contribution in [0.4, 0.5) is 4.39 Å². The van der Waals surface area contributed by atoms with Crippen molar-refractivity contribution in [1.82, 2.24) is 9.62 Å². The van der Waals surface area contributed by atoms with E-state index in [9.17, 15) is 17.6 Å². The van der Waals surface area contributed by atoms with Gasteiger partial charge in [-0.05, 0) is 30.5 Å². The van der Waals surface area contributed by atoms with Gasteiger partial charge >= 0.3 is 0 Å². The highest BCUT2D eigenvalue weighted by molar-refractivity contribution is 7.88. The zero-order chi connectivity index (χ0) is 16.3. The molecule has 122 valence electrons. The van der Waals surface area contributed by atoms with Gasteiger partial charge in [-0.15, -0.1) is 0 Å². The Morgan fingerprint density at radius 1 is 1.45 bits per heavy atom. The Morgan fingerprint density at radius 3 is 2.82 bits per heavy atom. The highest BCUT2D eigenvalue weighted by Gasteiger charge is 2.36. The van der Waals surface area contributed by atoms with Gasteiger partial charge < -0.3 is 5.32 Å². The van der Waals surface area contributed by atoms with Crippen molar-refractivity contribution in [3.8, 4) is 0 Å². The lowest BCUT2D eigenvalue weighted by Gasteiger charge is -2.33. The fraction of sp³-hybridized carbons (Fsp3) is 0.500. The number of carbonyl (C=O) groups is 1. The van der Waals surface area contributed by atoms with E-state index in [4.69, 9.17) is 11.6 Å². The monoisotopic (exact) mass is 348 g/mol. The van der Waals surface area contributed by atoms with Gasteiger partial charge in [-0.1, -0.05) is 24.1 Å². The molecule has 1 aromatic carbocycles.